The van der Waals surface area contributed by atoms with Crippen LogP contribution in [0.25, 0.3) is 0 Å². The van der Waals surface area contributed by atoms with Crippen LogP contribution in [0.1, 0.15) is 46.0 Å². The zero-order valence-corrected chi connectivity index (χ0v) is 11.6. The first-order valence-corrected chi connectivity index (χ1v) is 6.75. The summed E-state index contributed by atoms with van der Waals surface area (Å²) in [4.78, 5) is 26.4. The van der Waals surface area contributed by atoms with Crippen molar-refractivity contribution in [2.24, 2.45) is 0 Å². The Kier molecular flexibility index (Phi) is 5.44. The highest BCUT2D eigenvalue weighted by Gasteiger charge is 2.31. The molecule has 2 atom stereocenters. The van der Waals surface area contributed by atoms with Gasteiger partial charge in [0.1, 0.15) is 6.04 Å². The van der Waals surface area contributed by atoms with Crippen molar-refractivity contribution in [3.63, 3.8) is 0 Å². The highest BCUT2D eigenvalue weighted by Crippen LogP contribution is 2.22. The molecular formula is C13H24N2O3. The second kappa shape index (κ2) is 6.61. The van der Waals surface area contributed by atoms with Gasteiger partial charge in [0.05, 0.1) is 0 Å². The predicted octanol–water partition coefficient (Wildman–Crippen LogP) is 2.17. The lowest BCUT2D eigenvalue weighted by Gasteiger charge is -2.39. The van der Waals surface area contributed by atoms with Crippen molar-refractivity contribution in [3.8, 4) is 0 Å². The molecule has 5 heteroatoms. The fraction of sp³-hybridized carbons (Fsp3) is 0.846. The number of carboxylic acids is 1. The minimum atomic E-state index is -0.963. The van der Waals surface area contributed by atoms with Crippen LogP contribution in [0.3, 0.4) is 0 Å². The quantitative estimate of drug-likeness (QED) is 0.838. The summed E-state index contributed by atoms with van der Waals surface area (Å²) in [6.45, 7) is 4.40. The van der Waals surface area contributed by atoms with Crippen LogP contribution < -0.4 is 0 Å². The van der Waals surface area contributed by atoms with Gasteiger partial charge in [0.15, 0.2) is 0 Å². The van der Waals surface area contributed by atoms with Crippen LogP contribution in [0.2, 0.25) is 0 Å². The third-order valence-corrected chi connectivity index (χ3v) is 3.73. The van der Waals surface area contributed by atoms with E-state index in [2.05, 4.69) is 6.92 Å². The lowest BCUT2D eigenvalue weighted by Crippen LogP contribution is -2.52. The van der Waals surface area contributed by atoms with Gasteiger partial charge in [-0.15, -0.1) is 0 Å². The molecule has 5 nitrogen and oxygen atoms in total. The zero-order valence-electron chi connectivity index (χ0n) is 11.6. The molecule has 18 heavy (non-hydrogen) atoms. The van der Waals surface area contributed by atoms with Gasteiger partial charge in [0.25, 0.3) is 0 Å². The summed E-state index contributed by atoms with van der Waals surface area (Å²) >= 11 is 0. The molecule has 0 bridgehead atoms. The van der Waals surface area contributed by atoms with Crippen LogP contribution >= 0.6 is 0 Å². The first kappa shape index (κ1) is 14.8. The second-order valence-electron chi connectivity index (χ2n) is 5.04. The monoisotopic (exact) mass is 256 g/mol. The van der Waals surface area contributed by atoms with Gasteiger partial charge >= 0.3 is 12.0 Å². The van der Waals surface area contributed by atoms with E-state index in [9.17, 15) is 9.59 Å². The van der Waals surface area contributed by atoms with E-state index in [4.69, 9.17) is 5.11 Å². The molecule has 0 aliphatic carbocycles. The molecule has 1 rings (SSSR count). The maximum atomic E-state index is 12.3. The fourth-order valence-electron chi connectivity index (χ4n) is 2.42. The maximum absolute atomic E-state index is 12.3. The topological polar surface area (TPSA) is 60.9 Å². The molecule has 104 valence electrons. The minimum Gasteiger partial charge on any atom is -0.480 e. The normalized spacial score (nSPS) is 21.5. The third-order valence-electron chi connectivity index (χ3n) is 3.73. The molecule has 0 aromatic carbocycles. The summed E-state index contributed by atoms with van der Waals surface area (Å²) in [5.41, 5.74) is 0. The van der Waals surface area contributed by atoms with E-state index in [1.807, 2.05) is 4.90 Å². The summed E-state index contributed by atoms with van der Waals surface area (Å²) in [5, 5.41) is 8.96. The number of carbonyl (C=O) groups is 2. The Hall–Kier alpha value is -1.26. The standard InChI is InChI=1S/C13H24N2O3/c1-4-7-11-8-5-6-9-15(11)13(18)14(3)10(2)12(16)17/h10-11H,4-9H2,1-3H3,(H,16,17). The number of nitrogens with zero attached hydrogens (tertiary/aromatic N) is 2. The van der Waals surface area contributed by atoms with Gasteiger partial charge in [0, 0.05) is 19.6 Å². The number of likely N-dealkylation sites (tertiary alicyclic amines) is 1. The van der Waals surface area contributed by atoms with Crippen molar-refractivity contribution in [3.05, 3.63) is 0 Å². The Bertz CT molecular complexity index is 305. The Morgan fingerprint density at radius 3 is 2.67 bits per heavy atom. The molecule has 0 aromatic rings. The molecule has 0 spiro atoms. The van der Waals surface area contributed by atoms with E-state index in [1.54, 1.807) is 14.0 Å². The largest absolute Gasteiger partial charge is 0.480 e. The van der Waals surface area contributed by atoms with Crippen LogP contribution in [0, 0.1) is 0 Å². The molecule has 1 N–H and O–H groups in total. The molecule has 0 aromatic heterocycles. The predicted molar refractivity (Wildman–Crippen MR) is 69.5 cm³/mol. The van der Waals surface area contributed by atoms with Crippen LogP contribution in [-0.2, 0) is 4.79 Å². The number of hydrogen-bond acceptors (Lipinski definition) is 2. The average Bonchev–Trinajstić information content (AvgIpc) is 2.37. The lowest BCUT2D eigenvalue weighted by molar-refractivity contribution is -0.141. The van der Waals surface area contributed by atoms with Crippen LogP contribution in [0.5, 0.6) is 0 Å². The highest BCUT2D eigenvalue weighted by atomic mass is 16.4. The number of hydrogen-bond donors (Lipinski definition) is 1. The Morgan fingerprint density at radius 1 is 1.44 bits per heavy atom. The summed E-state index contributed by atoms with van der Waals surface area (Å²) in [6.07, 6.45) is 5.26. The number of piperidine rings is 1. The Morgan fingerprint density at radius 2 is 2.11 bits per heavy atom. The Labute approximate surface area is 109 Å². The number of carboxylic acid groups (broad SMARTS) is 1. The molecule has 0 saturated carbocycles. The van der Waals surface area contributed by atoms with Crippen molar-refractivity contribution >= 4 is 12.0 Å². The van der Waals surface area contributed by atoms with Crippen LogP contribution in [0.4, 0.5) is 4.79 Å². The maximum Gasteiger partial charge on any atom is 0.326 e. The molecule has 1 aliphatic rings. The number of likely N-dealkylation sites (N-methyl/N-ethyl adjacent to an activating group) is 1. The summed E-state index contributed by atoms with van der Waals surface area (Å²) < 4.78 is 0. The number of rotatable bonds is 4. The van der Waals surface area contributed by atoms with Gasteiger partial charge in [-0.25, -0.2) is 9.59 Å². The SMILES string of the molecule is CCCC1CCCCN1C(=O)N(C)C(C)C(=O)O. The first-order chi connectivity index (χ1) is 8.49. The summed E-state index contributed by atoms with van der Waals surface area (Å²) in [5.74, 6) is -0.963. The van der Waals surface area contributed by atoms with Crippen LogP contribution in [0.15, 0.2) is 0 Å². The van der Waals surface area contributed by atoms with Crippen molar-refractivity contribution in [2.45, 2.75) is 58.0 Å². The highest BCUT2D eigenvalue weighted by molar-refractivity contribution is 5.82. The molecule has 1 aliphatic heterocycles. The summed E-state index contributed by atoms with van der Waals surface area (Å²) in [7, 11) is 1.57. The van der Waals surface area contributed by atoms with Gasteiger partial charge in [-0.1, -0.05) is 13.3 Å². The van der Waals surface area contributed by atoms with Gasteiger partial charge in [0.2, 0.25) is 0 Å². The fourth-order valence-corrected chi connectivity index (χ4v) is 2.42. The first-order valence-electron chi connectivity index (χ1n) is 6.75. The minimum absolute atomic E-state index is 0.150. The van der Waals surface area contributed by atoms with E-state index in [-0.39, 0.29) is 12.1 Å². The number of aliphatic carboxylic acids is 1. The third kappa shape index (κ3) is 3.37. The van der Waals surface area contributed by atoms with Gasteiger partial charge < -0.3 is 14.9 Å². The average molecular weight is 256 g/mol. The van der Waals surface area contributed by atoms with E-state index in [0.29, 0.717) is 0 Å². The molecule has 1 saturated heterocycles. The van der Waals surface area contributed by atoms with Gasteiger partial charge in [-0.3, -0.25) is 0 Å². The Balaban J connectivity index is 2.70. The van der Waals surface area contributed by atoms with Gasteiger partial charge in [-0.05, 0) is 32.6 Å². The van der Waals surface area contributed by atoms with E-state index in [0.717, 1.165) is 38.6 Å². The molecule has 1 heterocycles. The summed E-state index contributed by atoms with van der Waals surface area (Å²) in [6, 6.07) is -0.649. The molecule has 2 unspecified atom stereocenters. The lowest BCUT2D eigenvalue weighted by atomic mass is 9.98. The van der Waals surface area contributed by atoms with Crippen molar-refractivity contribution in [1.29, 1.82) is 0 Å². The van der Waals surface area contributed by atoms with Gasteiger partial charge in [-0.2, -0.15) is 0 Å². The molecule has 1 fully saturated rings. The van der Waals surface area contributed by atoms with Crippen LogP contribution in [-0.4, -0.2) is 52.6 Å². The van der Waals surface area contributed by atoms with E-state index < -0.39 is 12.0 Å². The molecule has 2 amide bonds. The number of carbonyl (C=O) groups excluding carboxylic acids is 1. The number of urea groups is 1. The van der Waals surface area contributed by atoms with Crippen molar-refractivity contribution in [2.75, 3.05) is 13.6 Å². The van der Waals surface area contributed by atoms with Crippen molar-refractivity contribution in [1.82, 2.24) is 9.80 Å². The smallest absolute Gasteiger partial charge is 0.326 e. The number of amides is 2. The zero-order chi connectivity index (χ0) is 13.7. The van der Waals surface area contributed by atoms with Crippen molar-refractivity contribution < 1.29 is 14.7 Å². The van der Waals surface area contributed by atoms with E-state index >= 15 is 0 Å². The molecule has 0 radical (unpaired) electrons. The second-order valence-corrected chi connectivity index (χ2v) is 5.04. The van der Waals surface area contributed by atoms with E-state index in [1.165, 1.54) is 4.90 Å². The molecular weight excluding hydrogens is 232 g/mol.